The van der Waals surface area contributed by atoms with E-state index in [1.54, 1.807) is 22.9 Å². The maximum absolute atomic E-state index is 13.5. The Morgan fingerprint density at radius 2 is 1.78 bits per heavy atom. The SMILES string of the molecule is Cc1ccc(N2C(=O)/C(=C/c3ccc4c(c3)OCO4)N=C2S[C@H](C)C(=O)N(C)c2ccccc2)cc1. The van der Waals surface area contributed by atoms with Gasteiger partial charge in [0.15, 0.2) is 16.7 Å². The van der Waals surface area contributed by atoms with Crippen LogP contribution >= 0.6 is 11.8 Å². The van der Waals surface area contributed by atoms with Crippen LogP contribution < -0.4 is 19.3 Å². The third-order valence-corrected chi connectivity index (χ3v) is 6.97. The molecule has 3 aromatic carbocycles. The second-order valence-corrected chi connectivity index (χ2v) is 9.81. The number of fused-ring (bicyclic) bond motifs is 1. The number of aliphatic imine (C=N–C) groups is 1. The van der Waals surface area contributed by atoms with Crippen LogP contribution in [0.5, 0.6) is 11.5 Å². The fraction of sp³-hybridized carbons (Fsp3) is 0.179. The summed E-state index contributed by atoms with van der Waals surface area (Å²) in [6, 6.07) is 22.6. The number of hydrogen-bond acceptors (Lipinski definition) is 6. The Morgan fingerprint density at radius 3 is 2.53 bits per heavy atom. The monoisotopic (exact) mass is 499 g/mol. The number of carbonyl (C=O) groups is 2. The van der Waals surface area contributed by atoms with Crippen molar-refractivity contribution in [2.24, 2.45) is 4.99 Å². The van der Waals surface area contributed by atoms with Crippen molar-refractivity contribution in [1.82, 2.24) is 0 Å². The maximum Gasteiger partial charge on any atom is 0.283 e. The zero-order chi connectivity index (χ0) is 25.2. The van der Waals surface area contributed by atoms with E-state index in [0.29, 0.717) is 22.4 Å². The molecule has 0 fully saturated rings. The highest BCUT2D eigenvalue weighted by Gasteiger charge is 2.35. The lowest BCUT2D eigenvalue weighted by Gasteiger charge is -2.23. The molecule has 0 radical (unpaired) electrons. The van der Waals surface area contributed by atoms with E-state index in [2.05, 4.69) is 4.99 Å². The molecule has 36 heavy (non-hydrogen) atoms. The van der Waals surface area contributed by atoms with E-state index in [9.17, 15) is 9.59 Å². The smallest absolute Gasteiger partial charge is 0.283 e. The van der Waals surface area contributed by atoms with Crippen LogP contribution in [0, 0.1) is 6.92 Å². The fourth-order valence-corrected chi connectivity index (χ4v) is 4.94. The average molecular weight is 500 g/mol. The lowest BCUT2D eigenvalue weighted by Crippen LogP contribution is -2.36. The molecule has 2 heterocycles. The average Bonchev–Trinajstić information content (AvgIpc) is 3.48. The Balaban J connectivity index is 1.45. The minimum absolute atomic E-state index is 0.0848. The molecule has 0 bridgehead atoms. The molecule has 7 nitrogen and oxygen atoms in total. The van der Waals surface area contributed by atoms with Gasteiger partial charge in [-0.15, -0.1) is 0 Å². The van der Waals surface area contributed by atoms with Crippen LogP contribution in [0.1, 0.15) is 18.1 Å². The molecule has 2 aliphatic rings. The Labute approximate surface area is 214 Å². The van der Waals surface area contributed by atoms with Gasteiger partial charge in [0.25, 0.3) is 5.91 Å². The van der Waals surface area contributed by atoms with E-state index >= 15 is 0 Å². The predicted molar refractivity (Wildman–Crippen MR) is 144 cm³/mol. The molecule has 2 aliphatic heterocycles. The van der Waals surface area contributed by atoms with Gasteiger partial charge in [-0.05, 0) is 61.9 Å². The first-order chi connectivity index (χ1) is 17.4. The molecule has 0 N–H and O–H groups in total. The van der Waals surface area contributed by atoms with Gasteiger partial charge in [0.1, 0.15) is 5.70 Å². The number of nitrogens with zero attached hydrogens (tertiary/aromatic N) is 3. The molecule has 2 amide bonds. The van der Waals surface area contributed by atoms with Crippen molar-refractivity contribution >= 4 is 46.2 Å². The number of amides is 2. The van der Waals surface area contributed by atoms with Crippen molar-refractivity contribution in [3.63, 3.8) is 0 Å². The molecule has 182 valence electrons. The van der Waals surface area contributed by atoms with Gasteiger partial charge in [-0.3, -0.25) is 14.5 Å². The van der Waals surface area contributed by atoms with Crippen molar-refractivity contribution in [2.45, 2.75) is 19.1 Å². The van der Waals surface area contributed by atoms with Gasteiger partial charge in [-0.25, -0.2) is 4.99 Å². The number of thioether (sulfide) groups is 1. The first kappa shape index (κ1) is 23.7. The quantitative estimate of drug-likeness (QED) is 0.449. The third-order valence-electron chi connectivity index (χ3n) is 5.93. The molecular weight excluding hydrogens is 474 g/mol. The third kappa shape index (κ3) is 4.72. The van der Waals surface area contributed by atoms with Gasteiger partial charge >= 0.3 is 0 Å². The number of para-hydroxylation sites is 1. The van der Waals surface area contributed by atoms with E-state index in [0.717, 1.165) is 16.8 Å². The highest BCUT2D eigenvalue weighted by molar-refractivity contribution is 8.15. The van der Waals surface area contributed by atoms with Gasteiger partial charge in [-0.2, -0.15) is 0 Å². The van der Waals surface area contributed by atoms with Crippen molar-refractivity contribution < 1.29 is 19.1 Å². The van der Waals surface area contributed by atoms with Crippen LogP contribution in [0.2, 0.25) is 0 Å². The van der Waals surface area contributed by atoms with Gasteiger partial charge in [-0.1, -0.05) is 53.7 Å². The molecule has 0 unspecified atom stereocenters. The summed E-state index contributed by atoms with van der Waals surface area (Å²) in [4.78, 5) is 34.6. The van der Waals surface area contributed by atoms with Crippen LogP contribution in [0.3, 0.4) is 0 Å². The van der Waals surface area contributed by atoms with Gasteiger partial charge < -0.3 is 14.4 Å². The number of amidine groups is 1. The molecule has 0 aliphatic carbocycles. The number of anilines is 2. The summed E-state index contributed by atoms with van der Waals surface area (Å²) in [5, 5.41) is -0.0160. The summed E-state index contributed by atoms with van der Waals surface area (Å²) in [6.07, 6.45) is 1.72. The summed E-state index contributed by atoms with van der Waals surface area (Å²) < 4.78 is 10.8. The minimum atomic E-state index is -0.473. The van der Waals surface area contributed by atoms with Crippen LogP contribution in [0.15, 0.2) is 83.5 Å². The van der Waals surface area contributed by atoms with Gasteiger partial charge in [0.2, 0.25) is 12.7 Å². The number of ether oxygens (including phenoxy) is 2. The summed E-state index contributed by atoms with van der Waals surface area (Å²) in [5.41, 5.74) is 3.64. The molecular formula is C28H25N3O4S. The summed E-state index contributed by atoms with van der Waals surface area (Å²) in [6.45, 7) is 3.99. The molecule has 8 heteroatoms. The fourth-order valence-electron chi connectivity index (χ4n) is 3.92. The van der Waals surface area contributed by atoms with Crippen LogP contribution in [-0.4, -0.2) is 36.1 Å². The highest BCUT2D eigenvalue weighted by Crippen LogP contribution is 2.35. The van der Waals surface area contributed by atoms with Crippen molar-refractivity contribution in [3.8, 4) is 11.5 Å². The number of carbonyl (C=O) groups excluding carboxylic acids is 2. The number of benzene rings is 3. The topological polar surface area (TPSA) is 71.4 Å². The molecule has 3 aromatic rings. The van der Waals surface area contributed by atoms with E-state index in [1.807, 2.05) is 86.6 Å². The summed E-state index contributed by atoms with van der Waals surface area (Å²) in [7, 11) is 1.75. The molecule has 0 saturated carbocycles. The van der Waals surface area contributed by atoms with E-state index < -0.39 is 5.25 Å². The normalized spacial score (nSPS) is 16.3. The largest absolute Gasteiger partial charge is 0.454 e. The Kier molecular flexibility index (Phi) is 6.52. The molecule has 0 spiro atoms. The first-order valence-corrected chi connectivity index (χ1v) is 12.4. The van der Waals surface area contributed by atoms with Crippen molar-refractivity contribution in [2.75, 3.05) is 23.6 Å². The standard InChI is InChI=1S/C28H25N3O4S/c1-18-9-12-22(13-10-18)31-27(33)23(15-20-11-14-24-25(16-20)35-17-34-24)29-28(31)36-19(2)26(32)30(3)21-7-5-4-6-8-21/h4-16,19H,17H2,1-3H3/b23-15-/t19-/m1/s1. The van der Waals surface area contributed by atoms with Crippen LogP contribution in [-0.2, 0) is 9.59 Å². The zero-order valence-corrected chi connectivity index (χ0v) is 21.0. The van der Waals surface area contributed by atoms with Crippen molar-refractivity contribution in [1.29, 1.82) is 0 Å². The predicted octanol–water partition coefficient (Wildman–Crippen LogP) is 5.25. The minimum Gasteiger partial charge on any atom is -0.454 e. The molecule has 1 atom stereocenters. The van der Waals surface area contributed by atoms with E-state index in [-0.39, 0.29) is 24.3 Å². The summed E-state index contributed by atoms with van der Waals surface area (Å²) in [5.74, 6) is 0.964. The number of rotatable bonds is 5. The Morgan fingerprint density at radius 1 is 1.06 bits per heavy atom. The first-order valence-electron chi connectivity index (χ1n) is 11.5. The molecule has 0 saturated heterocycles. The Hall–Kier alpha value is -4.04. The van der Waals surface area contributed by atoms with Gasteiger partial charge in [0.05, 0.1) is 10.9 Å². The molecule has 5 rings (SSSR count). The number of aryl methyl sites for hydroxylation is 1. The lowest BCUT2D eigenvalue weighted by atomic mass is 10.1. The van der Waals surface area contributed by atoms with Crippen molar-refractivity contribution in [3.05, 3.63) is 89.6 Å². The zero-order valence-electron chi connectivity index (χ0n) is 20.2. The summed E-state index contributed by atoms with van der Waals surface area (Å²) >= 11 is 1.26. The van der Waals surface area contributed by atoms with Crippen LogP contribution in [0.4, 0.5) is 11.4 Å². The van der Waals surface area contributed by atoms with Crippen LogP contribution in [0.25, 0.3) is 6.08 Å². The second kappa shape index (κ2) is 9.91. The van der Waals surface area contributed by atoms with E-state index in [4.69, 9.17) is 9.47 Å². The maximum atomic E-state index is 13.5. The Bertz CT molecular complexity index is 1370. The van der Waals surface area contributed by atoms with E-state index in [1.165, 1.54) is 11.8 Å². The molecule has 0 aromatic heterocycles. The second-order valence-electron chi connectivity index (χ2n) is 8.51. The lowest BCUT2D eigenvalue weighted by molar-refractivity contribution is -0.117. The number of hydrogen-bond donors (Lipinski definition) is 0. The van der Waals surface area contributed by atoms with Gasteiger partial charge in [0, 0.05) is 12.7 Å². The highest BCUT2D eigenvalue weighted by atomic mass is 32.2.